The van der Waals surface area contributed by atoms with Gasteiger partial charge in [-0.05, 0) is 30.2 Å². The minimum atomic E-state index is -1.16. The summed E-state index contributed by atoms with van der Waals surface area (Å²) in [5.74, 6) is -2.90. The van der Waals surface area contributed by atoms with Gasteiger partial charge in [0.25, 0.3) is 11.7 Å². The maximum atomic E-state index is 12.7. The fourth-order valence-electron chi connectivity index (χ4n) is 3.39. The van der Waals surface area contributed by atoms with E-state index in [1.165, 1.54) is 0 Å². The lowest BCUT2D eigenvalue weighted by Gasteiger charge is -2.12. The Morgan fingerprint density at radius 2 is 1.86 bits per heavy atom. The zero-order valence-corrected chi connectivity index (χ0v) is 16.4. The summed E-state index contributed by atoms with van der Waals surface area (Å²) in [6, 6.07) is 12.3. The van der Waals surface area contributed by atoms with Crippen LogP contribution in [-0.2, 0) is 22.6 Å². The molecule has 0 saturated heterocycles. The van der Waals surface area contributed by atoms with E-state index in [0.29, 0.717) is 34.6 Å². The molecule has 7 nitrogen and oxygen atoms in total. The molecule has 0 fully saturated rings. The van der Waals surface area contributed by atoms with Gasteiger partial charge in [0.05, 0.1) is 16.5 Å². The lowest BCUT2D eigenvalue weighted by atomic mass is 10.0. The number of carboxylic acid groups (broad SMARTS) is 1. The van der Waals surface area contributed by atoms with Crippen LogP contribution in [-0.4, -0.2) is 33.9 Å². The van der Waals surface area contributed by atoms with E-state index in [-0.39, 0.29) is 11.3 Å². The van der Waals surface area contributed by atoms with Crippen LogP contribution in [0.4, 0.5) is 0 Å². The summed E-state index contributed by atoms with van der Waals surface area (Å²) < 4.78 is 7.27. The van der Waals surface area contributed by atoms with Gasteiger partial charge < -0.3 is 20.1 Å². The van der Waals surface area contributed by atoms with Gasteiger partial charge >= 0.3 is 5.97 Å². The molecule has 0 aliphatic heterocycles. The molecule has 3 N–H and O–H groups in total. The van der Waals surface area contributed by atoms with Crippen molar-refractivity contribution in [3.8, 4) is 5.75 Å². The number of ether oxygens (including phenoxy) is 1. The second-order valence-corrected chi connectivity index (χ2v) is 6.79. The zero-order chi connectivity index (χ0) is 21.1. The highest BCUT2D eigenvalue weighted by Crippen LogP contribution is 2.35. The van der Waals surface area contributed by atoms with E-state index in [0.717, 1.165) is 5.56 Å². The number of rotatable bonds is 8. The smallest absolute Gasteiger partial charge is 0.341 e. The third-order valence-electron chi connectivity index (χ3n) is 4.58. The first-order valence-corrected chi connectivity index (χ1v) is 9.29. The van der Waals surface area contributed by atoms with Crippen LogP contribution in [0.3, 0.4) is 0 Å². The summed E-state index contributed by atoms with van der Waals surface area (Å²) in [6.45, 7) is 1.63. The monoisotopic (exact) mass is 414 g/mol. The van der Waals surface area contributed by atoms with Gasteiger partial charge in [0, 0.05) is 17.3 Å². The van der Waals surface area contributed by atoms with E-state index >= 15 is 0 Å². The Morgan fingerprint density at radius 1 is 1.14 bits per heavy atom. The molecular formula is C21H19ClN2O5. The molecule has 0 aliphatic rings. The summed E-state index contributed by atoms with van der Waals surface area (Å²) in [5, 5.41) is 9.89. The number of aliphatic carboxylic acids is 1. The molecule has 3 rings (SSSR count). The van der Waals surface area contributed by atoms with Crippen molar-refractivity contribution in [2.45, 2.75) is 19.9 Å². The molecule has 1 amide bonds. The molecule has 150 valence electrons. The van der Waals surface area contributed by atoms with Gasteiger partial charge in [-0.1, -0.05) is 42.8 Å². The fraction of sp³-hybridized carbons (Fsp3) is 0.190. The average molecular weight is 415 g/mol. The number of halogens is 1. The molecule has 0 saturated carbocycles. The number of nitrogens with zero attached hydrogens (tertiary/aromatic N) is 1. The van der Waals surface area contributed by atoms with Crippen molar-refractivity contribution >= 4 is 40.2 Å². The van der Waals surface area contributed by atoms with Gasteiger partial charge in [0.1, 0.15) is 5.75 Å². The predicted molar refractivity (Wildman–Crippen MR) is 109 cm³/mol. The number of primary amides is 1. The van der Waals surface area contributed by atoms with Gasteiger partial charge in [-0.2, -0.15) is 0 Å². The quantitative estimate of drug-likeness (QED) is 0.434. The van der Waals surface area contributed by atoms with Gasteiger partial charge in [-0.15, -0.1) is 0 Å². The molecule has 29 heavy (non-hydrogen) atoms. The molecule has 0 radical (unpaired) electrons. The highest BCUT2D eigenvalue weighted by molar-refractivity contribution is 6.45. The average Bonchev–Trinajstić information content (AvgIpc) is 3.01. The fourth-order valence-corrected chi connectivity index (χ4v) is 3.59. The number of ketones is 1. The molecule has 0 atom stereocenters. The molecule has 1 aromatic heterocycles. The predicted octanol–water partition coefficient (Wildman–Crippen LogP) is 3.04. The second kappa shape index (κ2) is 8.36. The lowest BCUT2D eigenvalue weighted by Crippen LogP contribution is -2.24. The number of nitrogens with two attached hydrogens (primary N) is 1. The Balaban J connectivity index is 2.29. The van der Waals surface area contributed by atoms with E-state index in [2.05, 4.69) is 0 Å². The van der Waals surface area contributed by atoms with Crippen LogP contribution in [0.1, 0.15) is 28.5 Å². The highest BCUT2D eigenvalue weighted by atomic mass is 35.5. The molecule has 0 bridgehead atoms. The van der Waals surface area contributed by atoms with Crippen LogP contribution in [0.25, 0.3) is 10.9 Å². The zero-order valence-electron chi connectivity index (χ0n) is 15.6. The first kappa shape index (κ1) is 20.4. The number of Topliss-reactive ketones (excluding diaryl/α,β-unsaturated/α-hetero) is 1. The van der Waals surface area contributed by atoms with E-state index in [9.17, 15) is 14.4 Å². The maximum Gasteiger partial charge on any atom is 0.341 e. The number of carbonyl (C=O) groups excluding carboxylic acids is 2. The number of carbonyl (C=O) groups is 3. The second-order valence-electron chi connectivity index (χ2n) is 6.38. The largest absolute Gasteiger partial charge is 0.481 e. The van der Waals surface area contributed by atoms with Gasteiger partial charge in [-0.25, -0.2) is 4.79 Å². The number of carboxylic acids is 1. The van der Waals surface area contributed by atoms with Gasteiger partial charge in [-0.3, -0.25) is 9.59 Å². The van der Waals surface area contributed by atoms with Crippen molar-refractivity contribution < 1.29 is 24.2 Å². The van der Waals surface area contributed by atoms with E-state index in [4.69, 9.17) is 27.2 Å². The summed E-state index contributed by atoms with van der Waals surface area (Å²) in [6.07, 6.45) is 0.436. The van der Waals surface area contributed by atoms with E-state index < -0.39 is 24.3 Å². The van der Waals surface area contributed by atoms with Crippen molar-refractivity contribution in [3.05, 3.63) is 64.3 Å². The number of amides is 1. The van der Waals surface area contributed by atoms with Crippen LogP contribution < -0.4 is 10.5 Å². The number of aromatic nitrogens is 1. The number of hydrogen-bond donors (Lipinski definition) is 2. The van der Waals surface area contributed by atoms with Crippen LogP contribution >= 0.6 is 11.6 Å². The van der Waals surface area contributed by atoms with Crippen LogP contribution in [0.15, 0.2) is 42.5 Å². The molecule has 0 aliphatic carbocycles. The van der Waals surface area contributed by atoms with Crippen LogP contribution in [0.5, 0.6) is 5.75 Å². The van der Waals surface area contributed by atoms with Crippen molar-refractivity contribution in [1.82, 2.24) is 4.57 Å². The normalized spacial score (nSPS) is 10.8. The Kier molecular flexibility index (Phi) is 5.89. The van der Waals surface area contributed by atoms with Crippen molar-refractivity contribution in [3.63, 3.8) is 0 Å². The summed E-state index contributed by atoms with van der Waals surface area (Å²) in [7, 11) is 0. The summed E-state index contributed by atoms with van der Waals surface area (Å²) in [4.78, 5) is 35.4. The third-order valence-corrected chi connectivity index (χ3v) is 4.95. The van der Waals surface area contributed by atoms with E-state index in [1.54, 1.807) is 24.3 Å². The highest BCUT2D eigenvalue weighted by Gasteiger charge is 2.27. The topological polar surface area (TPSA) is 112 Å². The molecule has 0 spiro atoms. The Labute approximate surface area is 171 Å². The minimum absolute atomic E-state index is 0.128. The Hall–Kier alpha value is -3.32. The minimum Gasteiger partial charge on any atom is -0.481 e. The first-order chi connectivity index (χ1) is 13.8. The van der Waals surface area contributed by atoms with Crippen molar-refractivity contribution in [2.24, 2.45) is 5.73 Å². The molecular weight excluding hydrogens is 396 g/mol. The standard InChI is InChI=1S/C21H19ClN2O5/c1-2-14-19(20(27)21(23)28)18-15(8-5-9-16(18)29-11-17(25)26)24(14)10-12-6-3-4-7-13(12)22/h3-9H,2,10-11H2,1H3,(H2,23,28)(H,25,26). The number of fused-ring (bicyclic) bond motifs is 1. The number of benzene rings is 2. The van der Waals surface area contributed by atoms with Gasteiger partial charge in [0.15, 0.2) is 6.61 Å². The first-order valence-electron chi connectivity index (χ1n) is 8.91. The Bertz CT molecular complexity index is 1120. The summed E-state index contributed by atoms with van der Waals surface area (Å²) >= 11 is 6.31. The maximum absolute atomic E-state index is 12.7. The SMILES string of the molecule is CCc1c(C(=O)C(N)=O)c2c(OCC(=O)O)cccc2n1Cc1ccccc1Cl. The Morgan fingerprint density at radius 3 is 2.48 bits per heavy atom. The van der Waals surface area contributed by atoms with Crippen molar-refractivity contribution in [2.75, 3.05) is 6.61 Å². The summed E-state index contributed by atoms with van der Waals surface area (Å²) in [5.41, 5.74) is 7.46. The number of hydrogen-bond acceptors (Lipinski definition) is 4. The molecule has 1 heterocycles. The van der Waals surface area contributed by atoms with Crippen LogP contribution in [0, 0.1) is 0 Å². The molecule has 0 unspecified atom stereocenters. The van der Waals surface area contributed by atoms with E-state index in [1.807, 2.05) is 29.7 Å². The molecule has 3 aromatic rings. The van der Waals surface area contributed by atoms with Gasteiger partial charge in [0.2, 0.25) is 0 Å². The molecule has 2 aromatic carbocycles. The van der Waals surface area contributed by atoms with Crippen LogP contribution in [0.2, 0.25) is 5.02 Å². The molecule has 8 heteroatoms. The lowest BCUT2D eigenvalue weighted by molar-refractivity contribution is -0.139. The van der Waals surface area contributed by atoms with Crippen molar-refractivity contribution in [1.29, 1.82) is 0 Å². The third kappa shape index (κ3) is 3.95.